The Morgan fingerprint density at radius 3 is 2.43 bits per heavy atom. The average Bonchev–Trinajstić information content (AvgIpc) is 2.53. The molecule has 1 amide bonds. The minimum atomic E-state index is -0.265. The second kappa shape index (κ2) is 6.81. The highest BCUT2D eigenvalue weighted by Crippen LogP contribution is 2.14. The lowest BCUT2D eigenvalue weighted by Gasteiger charge is -2.08. The van der Waals surface area contributed by atoms with E-state index >= 15 is 0 Å². The number of hydrogen-bond donors (Lipinski definition) is 3. The van der Waals surface area contributed by atoms with Crippen LogP contribution in [-0.2, 0) is 6.54 Å². The third-order valence-electron chi connectivity index (χ3n) is 3.13. The first-order chi connectivity index (χ1) is 10.1. The Morgan fingerprint density at radius 2 is 1.90 bits per heavy atom. The minimum Gasteiger partial charge on any atom is -0.347 e. The zero-order valence-corrected chi connectivity index (χ0v) is 12.1. The smallest absolute Gasteiger partial charge is 0.271 e. The first-order valence-corrected chi connectivity index (χ1v) is 6.76. The molecular formula is C15H19N5O. The monoisotopic (exact) mass is 285 g/mol. The van der Waals surface area contributed by atoms with Crippen molar-refractivity contribution in [1.82, 2.24) is 15.3 Å². The lowest BCUT2D eigenvalue weighted by Crippen LogP contribution is -2.24. The number of benzene rings is 1. The molecule has 0 saturated heterocycles. The van der Waals surface area contributed by atoms with Gasteiger partial charge in [-0.15, -0.1) is 0 Å². The van der Waals surface area contributed by atoms with Crippen molar-refractivity contribution in [3.05, 3.63) is 53.5 Å². The van der Waals surface area contributed by atoms with Crippen LogP contribution in [-0.4, -0.2) is 15.9 Å². The summed E-state index contributed by atoms with van der Waals surface area (Å²) in [6.45, 7) is 4.75. The van der Waals surface area contributed by atoms with Gasteiger partial charge in [-0.05, 0) is 17.0 Å². The molecule has 0 atom stereocenters. The topological polar surface area (TPSA) is 92.9 Å². The summed E-state index contributed by atoms with van der Waals surface area (Å²) in [5.41, 5.74) is 4.94. The molecule has 0 unspecified atom stereocenters. The normalized spacial score (nSPS) is 10.5. The number of hydrazine groups is 1. The fourth-order valence-corrected chi connectivity index (χ4v) is 1.81. The predicted octanol–water partition coefficient (Wildman–Crippen LogP) is 1.82. The van der Waals surface area contributed by atoms with E-state index in [9.17, 15) is 4.79 Å². The van der Waals surface area contributed by atoms with Gasteiger partial charge in [-0.2, -0.15) is 0 Å². The van der Waals surface area contributed by atoms with Crippen LogP contribution in [0.5, 0.6) is 0 Å². The Kier molecular flexibility index (Phi) is 4.84. The van der Waals surface area contributed by atoms with Gasteiger partial charge in [0.2, 0.25) is 0 Å². The Morgan fingerprint density at radius 1 is 1.19 bits per heavy atom. The number of nitrogens with zero attached hydrogens (tertiary/aromatic N) is 2. The Hall–Kier alpha value is -2.47. The second-order valence-electron chi connectivity index (χ2n) is 5.01. The third-order valence-corrected chi connectivity index (χ3v) is 3.13. The number of hydrogen-bond acceptors (Lipinski definition) is 5. The van der Waals surface area contributed by atoms with Crippen LogP contribution in [0.4, 0.5) is 5.82 Å². The number of nitrogen functional groups attached to an aromatic ring is 1. The fourth-order valence-electron chi connectivity index (χ4n) is 1.81. The summed E-state index contributed by atoms with van der Waals surface area (Å²) in [6, 6.07) is 8.19. The molecule has 0 saturated carbocycles. The number of aromatic nitrogens is 2. The zero-order chi connectivity index (χ0) is 15.2. The number of nitrogens with two attached hydrogens (primary N) is 1. The van der Waals surface area contributed by atoms with E-state index < -0.39 is 0 Å². The molecule has 1 heterocycles. The molecule has 2 rings (SSSR count). The molecular weight excluding hydrogens is 266 g/mol. The summed E-state index contributed by atoms with van der Waals surface area (Å²) in [5.74, 6) is 5.84. The van der Waals surface area contributed by atoms with Crippen molar-refractivity contribution in [2.75, 3.05) is 5.43 Å². The zero-order valence-electron chi connectivity index (χ0n) is 12.1. The van der Waals surface area contributed by atoms with Crippen molar-refractivity contribution >= 4 is 11.7 Å². The maximum absolute atomic E-state index is 11.9. The van der Waals surface area contributed by atoms with Gasteiger partial charge in [0.25, 0.3) is 5.91 Å². The molecule has 6 heteroatoms. The van der Waals surface area contributed by atoms with Gasteiger partial charge in [0.1, 0.15) is 5.69 Å². The maximum Gasteiger partial charge on any atom is 0.271 e. The van der Waals surface area contributed by atoms with Crippen molar-refractivity contribution in [2.24, 2.45) is 5.84 Å². The SMILES string of the molecule is CC(C)c1ccc(CNC(=O)c2cnc(NN)cn2)cc1. The first-order valence-electron chi connectivity index (χ1n) is 6.76. The molecule has 110 valence electrons. The summed E-state index contributed by atoms with van der Waals surface area (Å²) in [5, 5.41) is 2.81. The first kappa shape index (κ1) is 14.9. The van der Waals surface area contributed by atoms with Crippen molar-refractivity contribution in [1.29, 1.82) is 0 Å². The van der Waals surface area contributed by atoms with Crippen LogP contribution in [0.3, 0.4) is 0 Å². The van der Waals surface area contributed by atoms with Crippen molar-refractivity contribution in [3.63, 3.8) is 0 Å². The van der Waals surface area contributed by atoms with Gasteiger partial charge < -0.3 is 10.7 Å². The molecule has 4 N–H and O–H groups in total. The lowest BCUT2D eigenvalue weighted by molar-refractivity contribution is 0.0945. The highest BCUT2D eigenvalue weighted by molar-refractivity contribution is 5.91. The standard InChI is InChI=1S/C15H19N5O/c1-10(2)12-5-3-11(4-6-12)7-19-15(21)13-8-18-14(20-16)9-17-13/h3-6,8-10H,7,16H2,1-2H3,(H,18,20)(H,19,21). The number of carbonyl (C=O) groups is 1. The lowest BCUT2D eigenvalue weighted by atomic mass is 10.0. The van der Waals surface area contributed by atoms with E-state index in [0.717, 1.165) is 5.56 Å². The molecule has 6 nitrogen and oxygen atoms in total. The van der Waals surface area contributed by atoms with Crippen LogP contribution in [0.15, 0.2) is 36.7 Å². The molecule has 0 spiro atoms. The van der Waals surface area contributed by atoms with Crippen LogP contribution < -0.4 is 16.6 Å². The molecule has 0 aliphatic heterocycles. The Bertz CT molecular complexity index is 592. The van der Waals surface area contributed by atoms with E-state index in [1.54, 1.807) is 0 Å². The molecule has 1 aromatic carbocycles. The number of amides is 1. The fraction of sp³-hybridized carbons (Fsp3) is 0.267. The van der Waals surface area contributed by atoms with Crippen LogP contribution in [0.1, 0.15) is 41.4 Å². The number of nitrogens with one attached hydrogen (secondary N) is 2. The third kappa shape index (κ3) is 4.00. The van der Waals surface area contributed by atoms with E-state index in [0.29, 0.717) is 18.3 Å². The molecule has 0 radical (unpaired) electrons. The van der Waals surface area contributed by atoms with E-state index in [1.807, 2.05) is 12.1 Å². The molecule has 0 aliphatic rings. The van der Waals surface area contributed by atoms with Crippen molar-refractivity contribution in [2.45, 2.75) is 26.3 Å². The number of anilines is 1. The minimum absolute atomic E-state index is 0.257. The van der Waals surface area contributed by atoms with Gasteiger partial charge in [-0.1, -0.05) is 38.1 Å². The molecule has 0 bridgehead atoms. The largest absolute Gasteiger partial charge is 0.347 e. The quantitative estimate of drug-likeness (QED) is 0.575. The summed E-state index contributed by atoms with van der Waals surface area (Å²) >= 11 is 0. The number of carbonyl (C=O) groups excluding carboxylic acids is 1. The van der Waals surface area contributed by atoms with Crippen LogP contribution in [0.2, 0.25) is 0 Å². The van der Waals surface area contributed by atoms with E-state index in [2.05, 4.69) is 46.7 Å². The molecule has 0 aliphatic carbocycles. The molecule has 21 heavy (non-hydrogen) atoms. The van der Waals surface area contributed by atoms with E-state index in [-0.39, 0.29) is 11.6 Å². The van der Waals surface area contributed by atoms with E-state index in [1.165, 1.54) is 18.0 Å². The average molecular weight is 285 g/mol. The summed E-state index contributed by atoms with van der Waals surface area (Å²) in [6.07, 6.45) is 2.79. The van der Waals surface area contributed by atoms with Gasteiger partial charge in [-0.25, -0.2) is 15.8 Å². The van der Waals surface area contributed by atoms with Crippen LogP contribution in [0, 0.1) is 0 Å². The van der Waals surface area contributed by atoms with Gasteiger partial charge in [0, 0.05) is 6.54 Å². The summed E-state index contributed by atoms with van der Waals surface area (Å²) < 4.78 is 0. The maximum atomic E-state index is 11.9. The molecule has 0 fully saturated rings. The van der Waals surface area contributed by atoms with Gasteiger partial charge in [0.05, 0.1) is 12.4 Å². The van der Waals surface area contributed by atoms with Gasteiger partial charge in [-0.3, -0.25) is 4.79 Å². The predicted molar refractivity (Wildman–Crippen MR) is 81.5 cm³/mol. The second-order valence-corrected chi connectivity index (χ2v) is 5.01. The van der Waals surface area contributed by atoms with Crippen LogP contribution >= 0.6 is 0 Å². The number of rotatable bonds is 5. The van der Waals surface area contributed by atoms with Gasteiger partial charge >= 0.3 is 0 Å². The van der Waals surface area contributed by atoms with E-state index in [4.69, 9.17) is 5.84 Å². The van der Waals surface area contributed by atoms with Crippen molar-refractivity contribution < 1.29 is 4.79 Å². The summed E-state index contributed by atoms with van der Waals surface area (Å²) in [4.78, 5) is 19.9. The Labute approximate surface area is 123 Å². The van der Waals surface area contributed by atoms with Crippen LogP contribution in [0.25, 0.3) is 0 Å². The summed E-state index contributed by atoms with van der Waals surface area (Å²) in [7, 11) is 0. The molecule has 2 aromatic rings. The van der Waals surface area contributed by atoms with Crippen molar-refractivity contribution in [3.8, 4) is 0 Å². The Balaban J connectivity index is 1.93. The highest BCUT2D eigenvalue weighted by atomic mass is 16.1. The van der Waals surface area contributed by atoms with Gasteiger partial charge in [0.15, 0.2) is 5.82 Å². The highest BCUT2D eigenvalue weighted by Gasteiger charge is 2.07. The molecule has 1 aromatic heterocycles.